The third-order valence-electron chi connectivity index (χ3n) is 2.24. The van der Waals surface area contributed by atoms with Gasteiger partial charge in [0, 0.05) is 12.1 Å². The molecule has 1 aromatic rings. The maximum atomic E-state index is 8.66. The minimum Gasteiger partial charge on any atom is -0.496 e. The summed E-state index contributed by atoms with van der Waals surface area (Å²) in [7, 11) is 1.63. The fourth-order valence-corrected chi connectivity index (χ4v) is 1.38. The van der Waals surface area contributed by atoms with Gasteiger partial charge in [-0.15, -0.1) is 0 Å². The van der Waals surface area contributed by atoms with Crippen molar-refractivity contribution >= 4 is 0 Å². The minimum absolute atomic E-state index is 0.406. The van der Waals surface area contributed by atoms with Crippen LogP contribution in [0.4, 0.5) is 0 Å². The van der Waals surface area contributed by atoms with Crippen LogP contribution < -0.4 is 10.2 Å². The van der Waals surface area contributed by atoms with Crippen LogP contribution in [-0.4, -0.2) is 12.3 Å². The van der Waals surface area contributed by atoms with Crippen LogP contribution in [0.1, 0.15) is 30.9 Å². The van der Waals surface area contributed by atoms with E-state index in [4.69, 9.17) is 9.94 Å². The molecule has 0 bridgehead atoms. The molecule has 0 aliphatic rings. The van der Waals surface area contributed by atoms with Gasteiger partial charge in [0.25, 0.3) is 0 Å². The smallest absolute Gasteiger partial charge is 0.123 e. The van der Waals surface area contributed by atoms with Crippen molar-refractivity contribution in [2.24, 2.45) is 0 Å². The fourth-order valence-electron chi connectivity index (χ4n) is 1.38. The molecule has 0 saturated heterocycles. The molecule has 0 heterocycles. The molecule has 3 heteroatoms. The summed E-state index contributed by atoms with van der Waals surface area (Å²) in [4.78, 5) is 0. The zero-order chi connectivity index (χ0) is 10.6. The largest absolute Gasteiger partial charge is 0.496 e. The third kappa shape index (κ3) is 2.47. The summed E-state index contributed by atoms with van der Waals surface area (Å²) in [5, 5.41) is 8.66. The molecular weight excluding hydrogens is 178 g/mol. The molecule has 0 aliphatic heterocycles. The predicted octanol–water partition coefficient (Wildman–Crippen LogP) is 2.30. The van der Waals surface area contributed by atoms with E-state index in [9.17, 15) is 0 Å². The highest BCUT2D eigenvalue weighted by Crippen LogP contribution is 2.23. The lowest BCUT2D eigenvalue weighted by Gasteiger charge is -2.11. The van der Waals surface area contributed by atoms with E-state index >= 15 is 0 Å². The Morgan fingerprint density at radius 2 is 2.14 bits per heavy atom. The first-order valence-corrected chi connectivity index (χ1v) is 4.72. The molecule has 2 N–H and O–H groups in total. The molecule has 1 aromatic carbocycles. The number of methoxy groups -OCH3 is 1. The van der Waals surface area contributed by atoms with Gasteiger partial charge in [-0.05, 0) is 17.5 Å². The van der Waals surface area contributed by atoms with Crippen molar-refractivity contribution in [1.82, 2.24) is 5.48 Å². The molecule has 0 unspecified atom stereocenters. The summed E-state index contributed by atoms with van der Waals surface area (Å²) in [6, 6.07) is 6.03. The topological polar surface area (TPSA) is 41.5 Å². The lowest BCUT2D eigenvalue weighted by molar-refractivity contribution is 0.160. The van der Waals surface area contributed by atoms with E-state index < -0.39 is 0 Å². The van der Waals surface area contributed by atoms with Crippen LogP contribution in [0.2, 0.25) is 0 Å². The van der Waals surface area contributed by atoms with Gasteiger partial charge in [-0.2, -0.15) is 0 Å². The normalized spacial score (nSPS) is 10.6. The molecule has 3 nitrogen and oxygen atoms in total. The molecule has 14 heavy (non-hydrogen) atoms. The van der Waals surface area contributed by atoms with Gasteiger partial charge >= 0.3 is 0 Å². The lowest BCUT2D eigenvalue weighted by atomic mass is 10.0. The van der Waals surface area contributed by atoms with Crippen molar-refractivity contribution in [1.29, 1.82) is 0 Å². The van der Waals surface area contributed by atoms with Crippen LogP contribution in [-0.2, 0) is 6.54 Å². The van der Waals surface area contributed by atoms with E-state index in [1.165, 1.54) is 5.56 Å². The lowest BCUT2D eigenvalue weighted by Crippen LogP contribution is -2.08. The minimum atomic E-state index is 0.406. The second-order valence-electron chi connectivity index (χ2n) is 3.56. The Labute approximate surface area is 84.7 Å². The van der Waals surface area contributed by atoms with Gasteiger partial charge in [-0.3, -0.25) is 0 Å². The zero-order valence-corrected chi connectivity index (χ0v) is 8.87. The second kappa shape index (κ2) is 4.98. The predicted molar refractivity (Wildman–Crippen MR) is 55.7 cm³/mol. The van der Waals surface area contributed by atoms with E-state index in [1.807, 2.05) is 18.2 Å². The average molecular weight is 195 g/mol. The van der Waals surface area contributed by atoms with Crippen molar-refractivity contribution in [3.63, 3.8) is 0 Å². The number of rotatable bonds is 4. The molecule has 0 atom stereocenters. The maximum absolute atomic E-state index is 8.66. The maximum Gasteiger partial charge on any atom is 0.123 e. The number of nitrogens with one attached hydrogen (secondary N) is 1. The molecule has 0 aliphatic carbocycles. The van der Waals surface area contributed by atoms with Crippen LogP contribution in [0.25, 0.3) is 0 Å². The third-order valence-corrected chi connectivity index (χ3v) is 2.24. The van der Waals surface area contributed by atoms with E-state index in [0.717, 1.165) is 11.3 Å². The summed E-state index contributed by atoms with van der Waals surface area (Å²) in [6.07, 6.45) is 0. The van der Waals surface area contributed by atoms with Crippen molar-refractivity contribution < 1.29 is 9.94 Å². The molecule has 0 amide bonds. The Balaban J connectivity index is 3.01. The first-order chi connectivity index (χ1) is 6.69. The SMILES string of the molecule is COc1ccc(C(C)C)cc1CNO. The van der Waals surface area contributed by atoms with E-state index in [1.54, 1.807) is 7.11 Å². The van der Waals surface area contributed by atoms with Crippen LogP contribution in [0.15, 0.2) is 18.2 Å². The number of hydroxylamine groups is 1. The molecule has 0 spiro atoms. The molecule has 0 aromatic heterocycles. The highest BCUT2D eigenvalue weighted by Gasteiger charge is 2.05. The van der Waals surface area contributed by atoms with Gasteiger partial charge in [0.2, 0.25) is 0 Å². The van der Waals surface area contributed by atoms with Gasteiger partial charge in [-0.25, -0.2) is 5.48 Å². The highest BCUT2D eigenvalue weighted by molar-refractivity contribution is 5.38. The molecular formula is C11H17NO2. The summed E-state index contributed by atoms with van der Waals surface area (Å²) in [6.45, 7) is 4.68. The molecule has 0 fully saturated rings. The molecule has 1 rings (SSSR count). The molecule has 78 valence electrons. The van der Waals surface area contributed by atoms with Crippen LogP contribution in [0.5, 0.6) is 5.75 Å². The number of ether oxygens (including phenoxy) is 1. The summed E-state index contributed by atoms with van der Waals surface area (Å²) >= 11 is 0. The van der Waals surface area contributed by atoms with E-state index in [-0.39, 0.29) is 0 Å². The van der Waals surface area contributed by atoms with E-state index in [2.05, 4.69) is 19.3 Å². The van der Waals surface area contributed by atoms with Crippen molar-refractivity contribution in [3.05, 3.63) is 29.3 Å². The number of hydrogen-bond donors (Lipinski definition) is 2. The van der Waals surface area contributed by atoms with Crippen LogP contribution >= 0.6 is 0 Å². The van der Waals surface area contributed by atoms with Gasteiger partial charge in [0.1, 0.15) is 5.75 Å². The monoisotopic (exact) mass is 195 g/mol. The van der Waals surface area contributed by atoms with Crippen LogP contribution in [0, 0.1) is 0 Å². The van der Waals surface area contributed by atoms with Crippen molar-refractivity contribution in [2.45, 2.75) is 26.3 Å². The van der Waals surface area contributed by atoms with Gasteiger partial charge in [-0.1, -0.05) is 26.0 Å². The van der Waals surface area contributed by atoms with Crippen molar-refractivity contribution in [2.75, 3.05) is 7.11 Å². The Hall–Kier alpha value is -1.06. The Kier molecular flexibility index (Phi) is 3.92. The summed E-state index contributed by atoms with van der Waals surface area (Å²) in [5.74, 6) is 1.29. The van der Waals surface area contributed by atoms with Crippen LogP contribution in [0.3, 0.4) is 0 Å². The van der Waals surface area contributed by atoms with Gasteiger partial charge in [0.05, 0.1) is 7.11 Å². The fraction of sp³-hybridized carbons (Fsp3) is 0.455. The standard InChI is InChI=1S/C11H17NO2/c1-8(2)9-4-5-11(14-3)10(6-9)7-12-13/h4-6,8,12-13H,7H2,1-3H3. The Morgan fingerprint density at radius 1 is 1.43 bits per heavy atom. The quantitative estimate of drug-likeness (QED) is 0.724. The number of benzene rings is 1. The van der Waals surface area contributed by atoms with Gasteiger partial charge in [0.15, 0.2) is 0 Å². The zero-order valence-electron chi connectivity index (χ0n) is 8.87. The van der Waals surface area contributed by atoms with Crippen molar-refractivity contribution in [3.8, 4) is 5.75 Å². The first kappa shape index (κ1) is 11.0. The molecule has 0 radical (unpaired) electrons. The highest BCUT2D eigenvalue weighted by atomic mass is 16.5. The summed E-state index contributed by atoms with van der Waals surface area (Å²) in [5.41, 5.74) is 4.36. The second-order valence-corrected chi connectivity index (χ2v) is 3.56. The van der Waals surface area contributed by atoms with E-state index in [0.29, 0.717) is 12.5 Å². The molecule has 0 saturated carbocycles. The van der Waals surface area contributed by atoms with Gasteiger partial charge < -0.3 is 9.94 Å². The Bertz CT molecular complexity index is 297. The Morgan fingerprint density at radius 3 is 2.64 bits per heavy atom. The number of hydrogen-bond acceptors (Lipinski definition) is 3. The summed E-state index contributed by atoms with van der Waals surface area (Å²) < 4.78 is 5.18. The average Bonchev–Trinajstić information content (AvgIpc) is 2.18. The first-order valence-electron chi connectivity index (χ1n) is 4.72.